The maximum Gasteiger partial charge on any atom is 0.0531 e. The molecule has 0 spiro atoms. The summed E-state index contributed by atoms with van der Waals surface area (Å²) in [4.78, 5) is 0. The Bertz CT molecular complexity index is 319. The molecule has 1 atom stereocenters. The third-order valence-corrected chi connectivity index (χ3v) is 3.57. The lowest BCUT2D eigenvalue weighted by atomic mass is 9.76. The maximum atomic E-state index is 5.56. The number of hydrogen-bond acceptors (Lipinski definition) is 2. The fraction of sp³-hybridized carbons (Fsp3) is 0.786. The van der Waals surface area contributed by atoms with E-state index in [0.29, 0.717) is 6.54 Å². The van der Waals surface area contributed by atoms with Gasteiger partial charge < -0.3 is 5.73 Å². The van der Waals surface area contributed by atoms with E-state index in [9.17, 15) is 0 Å². The molecule has 0 aliphatic rings. The summed E-state index contributed by atoms with van der Waals surface area (Å²) in [7, 11) is 0. The van der Waals surface area contributed by atoms with Crippen molar-refractivity contribution in [2.24, 2.45) is 5.73 Å². The van der Waals surface area contributed by atoms with Crippen molar-refractivity contribution in [3.63, 3.8) is 0 Å². The van der Waals surface area contributed by atoms with Crippen molar-refractivity contribution in [2.75, 3.05) is 6.54 Å². The Morgan fingerprint density at radius 3 is 2.65 bits per heavy atom. The third kappa shape index (κ3) is 3.84. The van der Waals surface area contributed by atoms with E-state index >= 15 is 0 Å². The van der Waals surface area contributed by atoms with E-state index in [-0.39, 0.29) is 5.41 Å². The second-order valence-electron chi connectivity index (χ2n) is 5.19. The largest absolute Gasteiger partial charge is 0.329 e. The first kappa shape index (κ1) is 14.2. The van der Waals surface area contributed by atoms with Gasteiger partial charge >= 0.3 is 0 Å². The normalized spacial score (nSPS) is 14.8. The van der Waals surface area contributed by atoms with Crippen molar-refractivity contribution >= 4 is 0 Å². The highest BCUT2D eigenvalue weighted by atomic mass is 15.3. The topological polar surface area (TPSA) is 43.8 Å². The SMILES string of the molecule is CCCCC(C)(CCC)c1cnn(CCN)c1. The van der Waals surface area contributed by atoms with Crippen LogP contribution in [0.25, 0.3) is 0 Å². The number of unbranched alkanes of at least 4 members (excludes halogenated alkanes) is 1. The molecule has 2 N–H and O–H groups in total. The van der Waals surface area contributed by atoms with Crippen LogP contribution in [0.2, 0.25) is 0 Å². The molecule has 0 aliphatic carbocycles. The lowest BCUT2D eigenvalue weighted by Gasteiger charge is -2.28. The average molecular weight is 237 g/mol. The molecule has 98 valence electrons. The van der Waals surface area contributed by atoms with Crippen LogP contribution in [0, 0.1) is 0 Å². The van der Waals surface area contributed by atoms with Crippen molar-refractivity contribution < 1.29 is 0 Å². The Morgan fingerprint density at radius 2 is 2.06 bits per heavy atom. The van der Waals surface area contributed by atoms with Gasteiger partial charge in [-0.2, -0.15) is 5.10 Å². The standard InChI is InChI=1S/C14H27N3/c1-4-6-8-14(3,7-5-2)13-11-16-17(12-13)10-9-15/h11-12H,4-10,15H2,1-3H3. The maximum absolute atomic E-state index is 5.56. The molecule has 1 heterocycles. The first-order valence-corrected chi connectivity index (χ1v) is 6.89. The fourth-order valence-corrected chi connectivity index (χ4v) is 2.46. The van der Waals surface area contributed by atoms with Gasteiger partial charge in [0.05, 0.1) is 12.7 Å². The Labute approximate surface area is 105 Å². The Balaban J connectivity index is 2.79. The zero-order chi connectivity index (χ0) is 12.7. The van der Waals surface area contributed by atoms with Crippen molar-refractivity contribution in [1.82, 2.24) is 9.78 Å². The summed E-state index contributed by atoms with van der Waals surface area (Å²) in [6, 6.07) is 0. The third-order valence-electron chi connectivity index (χ3n) is 3.57. The second kappa shape index (κ2) is 6.80. The molecule has 1 aromatic heterocycles. The lowest BCUT2D eigenvalue weighted by molar-refractivity contribution is 0.382. The molecule has 0 fully saturated rings. The Kier molecular flexibility index (Phi) is 5.69. The van der Waals surface area contributed by atoms with Crippen LogP contribution in [0.1, 0.15) is 58.4 Å². The molecule has 1 aromatic rings. The van der Waals surface area contributed by atoms with Crippen LogP contribution < -0.4 is 5.73 Å². The molecule has 0 aliphatic heterocycles. The number of nitrogens with two attached hydrogens (primary N) is 1. The smallest absolute Gasteiger partial charge is 0.0531 e. The highest BCUT2D eigenvalue weighted by Crippen LogP contribution is 2.34. The molecule has 0 bridgehead atoms. The lowest BCUT2D eigenvalue weighted by Crippen LogP contribution is -2.21. The van der Waals surface area contributed by atoms with Crippen LogP contribution in [-0.2, 0) is 12.0 Å². The van der Waals surface area contributed by atoms with Gasteiger partial charge in [-0.1, -0.05) is 40.0 Å². The van der Waals surface area contributed by atoms with Crippen molar-refractivity contribution in [3.8, 4) is 0 Å². The van der Waals surface area contributed by atoms with Crippen LogP contribution in [-0.4, -0.2) is 16.3 Å². The number of rotatable bonds is 8. The van der Waals surface area contributed by atoms with Gasteiger partial charge in [-0.05, 0) is 23.8 Å². The molecule has 0 aromatic carbocycles. The van der Waals surface area contributed by atoms with Gasteiger partial charge in [-0.3, -0.25) is 4.68 Å². The second-order valence-corrected chi connectivity index (χ2v) is 5.19. The minimum Gasteiger partial charge on any atom is -0.329 e. The molecule has 0 saturated heterocycles. The quantitative estimate of drug-likeness (QED) is 0.755. The molecule has 17 heavy (non-hydrogen) atoms. The van der Waals surface area contributed by atoms with Gasteiger partial charge in [-0.25, -0.2) is 0 Å². The van der Waals surface area contributed by atoms with Crippen LogP contribution in [0.5, 0.6) is 0 Å². The predicted molar refractivity (Wildman–Crippen MR) is 73.1 cm³/mol. The molecule has 0 saturated carbocycles. The number of aromatic nitrogens is 2. The van der Waals surface area contributed by atoms with Crippen molar-refractivity contribution in [2.45, 2.75) is 64.8 Å². The van der Waals surface area contributed by atoms with E-state index in [4.69, 9.17) is 5.73 Å². The first-order valence-electron chi connectivity index (χ1n) is 6.89. The van der Waals surface area contributed by atoms with Gasteiger partial charge in [0.15, 0.2) is 0 Å². The monoisotopic (exact) mass is 237 g/mol. The Morgan fingerprint density at radius 1 is 1.29 bits per heavy atom. The van der Waals surface area contributed by atoms with E-state index in [1.54, 1.807) is 0 Å². The van der Waals surface area contributed by atoms with Crippen molar-refractivity contribution in [1.29, 1.82) is 0 Å². The molecule has 1 rings (SSSR count). The minimum absolute atomic E-state index is 0.289. The summed E-state index contributed by atoms with van der Waals surface area (Å²) >= 11 is 0. The fourth-order valence-electron chi connectivity index (χ4n) is 2.46. The minimum atomic E-state index is 0.289. The average Bonchev–Trinajstić information content (AvgIpc) is 2.77. The molecular weight excluding hydrogens is 210 g/mol. The first-order chi connectivity index (χ1) is 8.16. The summed E-state index contributed by atoms with van der Waals surface area (Å²) in [6.45, 7) is 8.35. The van der Waals surface area contributed by atoms with Gasteiger partial charge in [-0.15, -0.1) is 0 Å². The summed E-state index contributed by atoms with van der Waals surface area (Å²) in [5.74, 6) is 0. The molecule has 0 radical (unpaired) electrons. The molecule has 3 heteroatoms. The number of hydrogen-bond donors (Lipinski definition) is 1. The Hall–Kier alpha value is -0.830. The molecular formula is C14H27N3. The highest BCUT2D eigenvalue weighted by Gasteiger charge is 2.26. The molecule has 0 amide bonds. The predicted octanol–water partition coefficient (Wildman–Crippen LogP) is 3.09. The van der Waals surface area contributed by atoms with E-state index in [1.165, 1.54) is 37.7 Å². The van der Waals surface area contributed by atoms with E-state index in [2.05, 4.69) is 32.1 Å². The summed E-state index contributed by atoms with van der Waals surface area (Å²) < 4.78 is 1.97. The summed E-state index contributed by atoms with van der Waals surface area (Å²) in [6.07, 6.45) is 10.5. The number of nitrogens with zero attached hydrogens (tertiary/aromatic N) is 2. The van der Waals surface area contributed by atoms with Gasteiger partial charge in [0.25, 0.3) is 0 Å². The van der Waals surface area contributed by atoms with Gasteiger partial charge in [0.2, 0.25) is 0 Å². The van der Waals surface area contributed by atoms with Gasteiger partial charge in [0.1, 0.15) is 0 Å². The zero-order valence-electron chi connectivity index (χ0n) is 11.6. The van der Waals surface area contributed by atoms with Gasteiger partial charge in [0, 0.05) is 12.7 Å². The molecule has 1 unspecified atom stereocenters. The molecule has 3 nitrogen and oxygen atoms in total. The van der Waals surface area contributed by atoms with Crippen LogP contribution in [0.3, 0.4) is 0 Å². The van der Waals surface area contributed by atoms with E-state index in [0.717, 1.165) is 6.54 Å². The van der Waals surface area contributed by atoms with Crippen LogP contribution in [0.4, 0.5) is 0 Å². The summed E-state index contributed by atoms with van der Waals surface area (Å²) in [5, 5.41) is 4.40. The van der Waals surface area contributed by atoms with E-state index in [1.807, 2.05) is 10.9 Å². The van der Waals surface area contributed by atoms with Crippen LogP contribution >= 0.6 is 0 Å². The highest BCUT2D eigenvalue weighted by molar-refractivity contribution is 5.18. The zero-order valence-corrected chi connectivity index (χ0v) is 11.6. The van der Waals surface area contributed by atoms with E-state index < -0.39 is 0 Å². The van der Waals surface area contributed by atoms with Crippen LogP contribution in [0.15, 0.2) is 12.4 Å². The summed E-state index contributed by atoms with van der Waals surface area (Å²) in [5.41, 5.74) is 7.22. The van der Waals surface area contributed by atoms with Crippen molar-refractivity contribution in [3.05, 3.63) is 18.0 Å².